The van der Waals surface area contributed by atoms with Crippen LogP contribution in [0.3, 0.4) is 0 Å². The van der Waals surface area contributed by atoms with Crippen molar-refractivity contribution in [3.05, 3.63) is 52.5 Å². The third-order valence-corrected chi connectivity index (χ3v) is 2.89. The lowest BCUT2D eigenvalue weighted by atomic mass is 10.1. The Labute approximate surface area is 110 Å². The first-order valence-corrected chi connectivity index (χ1v) is 5.76. The van der Waals surface area contributed by atoms with Crippen LogP contribution in [0.25, 0.3) is 0 Å². The standard InChI is InChI=1S/C12H15N5O2/c1-12(13-2)6-5-9(8-15-12)16-11-10(17(18)19)4-3-7-14-11/h3-8,13,15H,1-2H3,(H,14,16). The normalized spacial score (nSPS) is 21.5. The second kappa shape index (κ2) is 5.07. The van der Waals surface area contributed by atoms with E-state index >= 15 is 0 Å². The number of likely N-dealkylation sites (N-methyl/N-ethyl adjacent to an activating group) is 1. The summed E-state index contributed by atoms with van der Waals surface area (Å²) in [5.41, 5.74) is 0.328. The van der Waals surface area contributed by atoms with Crippen LogP contribution >= 0.6 is 0 Å². The molecule has 100 valence electrons. The van der Waals surface area contributed by atoms with Crippen molar-refractivity contribution in [2.24, 2.45) is 0 Å². The number of nitrogens with zero attached hydrogens (tertiary/aromatic N) is 2. The number of anilines is 1. The largest absolute Gasteiger partial charge is 0.368 e. The van der Waals surface area contributed by atoms with Gasteiger partial charge in [-0.1, -0.05) is 0 Å². The van der Waals surface area contributed by atoms with Crippen LogP contribution in [0, 0.1) is 10.1 Å². The van der Waals surface area contributed by atoms with Gasteiger partial charge in [-0.25, -0.2) is 4.98 Å². The third kappa shape index (κ3) is 2.89. The summed E-state index contributed by atoms with van der Waals surface area (Å²) in [5.74, 6) is 0.221. The van der Waals surface area contributed by atoms with Crippen LogP contribution in [-0.2, 0) is 0 Å². The number of hydrogen-bond acceptors (Lipinski definition) is 6. The quantitative estimate of drug-likeness (QED) is 0.559. The topological polar surface area (TPSA) is 92.1 Å². The van der Waals surface area contributed by atoms with Crippen LogP contribution in [0.2, 0.25) is 0 Å². The van der Waals surface area contributed by atoms with Crippen molar-refractivity contribution in [1.82, 2.24) is 15.6 Å². The molecule has 0 amide bonds. The van der Waals surface area contributed by atoms with Crippen molar-refractivity contribution in [3.63, 3.8) is 0 Å². The van der Waals surface area contributed by atoms with E-state index in [1.807, 2.05) is 26.1 Å². The summed E-state index contributed by atoms with van der Waals surface area (Å²) in [6, 6.07) is 2.94. The molecule has 1 aromatic rings. The third-order valence-electron chi connectivity index (χ3n) is 2.89. The molecule has 1 aromatic heterocycles. The lowest BCUT2D eigenvalue weighted by Gasteiger charge is -2.29. The second-order valence-electron chi connectivity index (χ2n) is 4.28. The van der Waals surface area contributed by atoms with Gasteiger partial charge in [0.25, 0.3) is 0 Å². The molecular weight excluding hydrogens is 246 g/mol. The van der Waals surface area contributed by atoms with E-state index in [0.717, 1.165) is 0 Å². The zero-order valence-electron chi connectivity index (χ0n) is 10.7. The number of dihydropyridines is 1. The van der Waals surface area contributed by atoms with Gasteiger partial charge in [-0.15, -0.1) is 0 Å². The Morgan fingerprint density at radius 2 is 2.32 bits per heavy atom. The Kier molecular flexibility index (Phi) is 3.48. The number of rotatable bonds is 4. The van der Waals surface area contributed by atoms with Crippen LogP contribution in [0.15, 0.2) is 42.4 Å². The molecule has 2 rings (SSSR count). The molecule has 0 radical (unpaired) electrons. The number of hydrogen-bond donors (Lipinski definition) is 3. The molecule has 0 aromatic carbocycles. The fraction of sp³-hybridized carbons (Fsp3) is 0.250. The van der Waals surface area contributed by atoms with Crippen molar-refractivity contribution < 1.29 is 4.92 Å². The van der Waals surface area contributed by atoms with E-state index in [1.165, 1.54) is 18.3 Å². The average molecular weight is 261 g/mol. The SMILES string of the molecule is CNC1(C)C=CC(Nc2ncccc2[N+](=O)[O-])=CN1. The molecule has 3 N–H and O–H groups in total. The molecule has 0 saturated carbocycles. The van der Waals surface area contributed by atoms with Crippen LogP contribution in [0.1, 0.15) is 6.92 Å². The number of nitrogens with one attached hydrogen (secondary N) is 3. The fourth-order valence-corrected chi connectivity index (χ4v) is 1.59. The minimum absolute atomic E-state index is 0.0567. The van der Waals surface area contributed by atoms with E-state index in [2.05, 4.69) is 20.9 Å². The van der Waals surface area contributed by atoms with Gasteiger partial charge in [0.05, 0.1) is 10.6 Å². The average Bonchev–Trinajstić information content (AvgIpc) is 2.42. The number of pyridine rings is 1. The van der Waals surface area contributed by atoms with Crippen molar-refractivity contribution in [2.45, 2.75) is 12.6 Å². The van der Waals surface area contributed by atoms with Crippen molar-refractivity contribution >= 4 is 11.5 Å². The minimum Gasteiger partial charge on any atom is -0.368 e. The molecule has 1 aliphatic heterocycles. The summed E-state index contributed by atoms with van der Waals surface area (Å²) in [6.07, 6.45) is 7.01. The van der Waals surface area contributed by atoms with Gasteiger partial charge in [0, 0.05) is 18.5 Å². The van der Waals surface area contributed by atoms with E-state index in [9.17, 15) is 10.1 Å². The van der Waals surface area contributed by atoms with Crippen molar-refractivity contribution in [1.29, 1.82) is 0 Å². The van der Waals surface area contributed by atoms with Crippen LogP contribution in [0.5, 0.6) is 0 Å². The Morgan fingerprint density at radius 1 is 1.53 bits per heavy atom. The molecular formula is C12H15N5O2. The molecule has 0 bridgehead atoms. The first-order valence-electron chi connectivity index (χ1n) is 5.76. The van der Waals surface area contributed by atoms with E-state index < -0.39 is 4.92 Å². The summed E-state index contributed by atoms with van der Waals surface area (Å²) < 4.78 is 0. The highest BCUT2D eigenvalue weighted by Crippen LogP contribution is 2.23. The molecule has 7 nitrogen and oxygen atoms in total. The van der Waals surface area contributed by atoms with Crippen LogP contribution in [-0.4, -0.2) is 22.6 Å². The Balaban J connectivity index is 2.16. The minimum atomic E-state index is -0.465. The van der Waals surface area contributed by atoms with Gasteiger partial charge >= 0.3 is 5.69 Å². The summed E-state index contributed by atoms with van der Waals surface area (Å²) >= 11 is 0. The predicted octanol–water partition coefficient (Wildman–Crippen LogP) is 1.34. The highest BCUT2D eigenvalue weighted by atomic mass is 16.6. The highest BCUT2D eigenvalue weighted by molar-refractivity contribution is 5.59. The van der Waals surface area contributed by atoms with Gasteiger partial charge in [-0.3, -0.25) is 15.4 Å². The molecule has 0 spiro atoms. The Morgan fingerprint density at radius 3 is 2.89 bits per heavy atom. The summed E-state index contributed by atoms with van der Waals surface area (Å²) in [7, 11) is 1.84. The van der Waals surface area contributed by atoms with E-state index in [-0.39, 0.29) is 17.2 Å². The zero-order valence-corrected chi connectivity index (χ0v) is 10.7. The van der Waals surface area contributed by atoms with Crippen LogP contribution in [0.4, 0.5) is 11.5 Å². The van der Waals surface area contributed by atoms with Crippen molar-refractivity contribution in [2.75, 3.05) is 12.4 Å². The maximum atomic E-state index is 10.9. The molecule has 1 atom stereocenters. The molecule has 2 heterocycles. The first kappa shape index (κ1) is 13.0. The summed E-state index contributed by atoms with van der Waals surface area (Å²) in [6.45, 7) is 1.97. The van der Waals surface area contributed by atoms with Gasteiger partial charge in [0.1, 0.15) is 5.66 Å². The van der Waals surface area contributed by atoms with Gasteiger partial charge in [0.15, 0.2) is 0 Å². The van der Waals surface area contributed by atoms with Crippen LogP contribution < -0.4 is 16.0 Å². The van der Waals surface area contributed by atoms with Gasteiger partial charge in [0.2, 0.25) is 5.82 Å². The second-order valence-corrected chi connectivity index (χ2v) is 4.28. The first-order chi connectivity index (χ1) is 9.04. The number of nitro groups is 1. The number of aromatic nitrogens is 1. The Bertz CT molecular complexity index is 555. The maximum Gasteiger partial charge on any atom is 0.311 e. The van der Waals surface area contributed by atoms with Gasteiger partial charge in [-0.2, -0.15) is 0 Å². The van der Waals surface area contributed by atoms with E-state index in [4.69, 9.17) is 0 Å². The van der Waals surface area contributed by atoms with Crippen molar-refractivity contribution in [3.8, 4) is 0 Å². The molecule has 0 saturated heterocycles. The molecule has 1 aliphatic rings. The maximum absolute atomic E-state index is 10.9. The fourth-order valence-electron chi connectivity index (χ4n) is 1.59. The number of allylic oxidation sites excluding steroid dienone is 1. The highest BCUT2D eigenvalue weighted by Gasteiger charge is 2.20. The molecule has 19 heavy (non-hydrogen) atoms. The zero-order chi connectivity index (χ0) is 13.9. The smallest absolute Gasteiger partial charge is 0.311 e. The molecule has 0 fully saturated rings. The predicted molar refractivity (Wildman–Crippen MR) is 72.3 cm³/mol. The summed E-state index contributed by atoms with van der Waals surface area (Å²) in [5, 5.41) is 20.0. The Hall–Kier alpha value is -2.41. The monoisotopic (exact) mass is 261 g/mol. The lowest BCUT2D eigenvalue weighted by molar-refractivity contribution is -0.384. The molecule has 0 aliphatic carbocycles. The van der Waals surface area contributed by atoms with Gasteiger partial charge in [-0.05, 0) is 32.2 Å². The van der Waals surface area contributed by atoms with E-state index in [1.54, 1.807) is 6.20 Å². The van der Waals surface area contributed by atoms with E-state index in [0.29, 0.717) is 5.70 Å². The molecule has 7 heteroatoms. The molecule has 1 unspecified atom stereocenters. The lowest BCUT2D eigenvalue weighted by Crippen LogP contribution is -2.50. The summed E-state index contributed by atoms with van der Waals surface area (Å²) in [4.78, 5) is 14.4. The van der Waals surface area contributed by atoms with Gasteiger partial charge < -0.3 is 10.6 Å².